The minimum absolute atomic E-state index is 0. The van der Waals surface area contributed by atoms with Gasteiger partial charge in [0.25, 0.3) is 5.69 Å². The van der Waals surface area contributed by atoms with Gasteiger partial charge in [-0.25, -0.2) is 8.42 Å². The van der Waals surface area contributed by atoms with Crippen molar-refractivity contribution < 1.29 is 13.3 Å². The van der Waals surface area contributed by atoms with Crippen LogP contribution in [0.3, 0.4) is 0 Å². The minimum atomic E-state index is -3.83. The standard InChI is InChI=1S/C16H20N4O4S.ClH/c1-16(2)10-19(9-7-14(16)17)25(23,24)13-6-5-12(20(21)22)11-4-3-8-18-15(11)13;/h3-6,8,14H,7,9-10,17H2,1-2H3;1H. The number of piperidine rings is 1. The first-order valence-corrected chi connectivity index (χ1v) is 9.36. The number of aromatic nitrogens is 1. The average molecular weight is 401 g/mol. The first-order valence-electron chi connectivity index (χ1n) is 7.92. The lowest BCUT2D eigenvalue weighted by Crippen LogP contribution is -2.53. The molecule has 1 atom stereocenters. The first kappa shape index (κ1) is 20.5. The zero-order valence-corrected chi connectivity index (χ0v) is 16.1. The number of hydrogen-bond acceptors (Lipinski definition) is 6. The summed E-state index contributed by atoms with van der Waals surface area (Å²) in [5, 5.41) is 11.4. The number of non-ortho nitro benzene ring substituents is 1. The molecular formula is C16H21ClN4O4S. The van der Waals surface area contributed by atoms with Crippen molar-refractivity contribution in [2.45, 2.75) is 31.2 Å². The van der Waals surface area contributed by atoms with E-state index in [2.05, 4.69) is 4.98 Å². The maximum absolute atomic E-state index is 13.2. The third kappa shape index (κ3) is 3.39. The number of rotatable bonds is 3. The first-order chi connectivity index (χ1) is 11.6. The highest BCUT2D eigenvalue weighted by Gasteiger charge is 2.39. The summed E-state index contributed by atoms with van der Waals surface area (Å²) in [6.45, 7) is 4.48. The summed E-state index contributed by atoms with van der Waals surface area (Å²) in [4.78, 5) is 14.8. The molecule has 0 aliphatic carbocycles. The van der Waals surface area contributed by atoms with Gasteiger partial charge in [-0.2, -0.15) is 4.31 Å². The molecular weight excluding hydrogens is 380 g/mol. The van der Waals surface area contributed by atoms with Crippen molar-refractivity contribution in [3.63, 3.8) is 0 Å². The van der Waals surface area contributed by atoms with Crippen LogP contribution in [0.2, 0.25) is 0 Å². The third-order valence-corrected chi connectivity index (χ3v) is 6.68. The molecule has 2 heterocycles. The Kier molecular flexibility index (Phi) is 5.57. The van der Waals surface area contributed by atoms with E-state index in [0.717, 1.165) is 0 Å². The van der Waals surface area contributed by atoms with Crippen molar-refractivity contribution in [1.82, 2.24) is 9.29 Å². The summed E-state index contributed by atoms with van der Waals surface area (Å²) in [5.74, 6) is 0. The van der Waals surface area contributed by atoms with Gasteiger partial charge in [-0.1, -0.05) is 13.8 Å². The predicted octanol–water partition coefficient (Wildman–Crippen LogP) is 2.31. The Hall–Kier alpha value is -1.81. The Morgan fingerprint density at radius 2 is 2.04 bits per heavy atom. The molecule has 10 heteroatoms. The van der Waals surface area contributed by atoms with Gasteiger partial charge in [0.2, 0.25) is 10.0 Å². The lowest BCUT2D eigenvalue weighted by molar-refractivity contribution is -0.383. The molecule has 1 saturated heterocycles. The molecule has 0 amide bonds. The van der Waals surface area contributed by atoms with E-state index in [1.807, 2.05) is 13.8 Å². The molecule has 1 aliphatic heterocycles. The second-order valence-electron chi connectivity index (χ2n) is 6.96. The van der Waals surface area contributed by atoms with Crippen LogP contribution >= 0.6 is 12.4 Å². The summed E-state index contributed by atoms with van der Waals surface area (Å²) in [6, 6.07) is 5.47. The van der Waals surface area contributed by atoms with E-state index >= 15 is 0 Å². The van der Waals surface area contributed by atoms with E-state index in [1.165, 1.54) is 28.7 Å². The van der Waals surface area contributed by atoms with Crippen LogP contribution in [0.4, 0.5) is 5.69 Å². The smallest absolute Gasteiger partial charge is 0.278 e. The van der Waals surface area contributed by atoms with Crippen LogP contribution in [0.15, 0.2) is 35.4 Å². The van der Waals surface area contributed by atoms with Gasteiger partial charge in [0.1, 0.15) is 4.90 Å². The number of pyridine rings is 1. The molecule has 0 bridgehead atoms. The quantitative estimate of drug-likeness (QED) is 0.623. The molecule has 1 aromatic carbocycles. The molecule has 1 aromatic heterocycles. The molecule has 3 rings (SSSR count). The van der Waals surface area contributed by atoms with Gasteiger partial charge in [0, 0.05) is 31.4 Å². The SMILES string of the molecule is CC1(C)CN(S(=O)(=O)c2ccc([N+](=O)[O-])c3cccnc23)CCC1N.Cl. The Labute approximate surface area is 158 Å². The van der Waals surface area contributed by atoms with E-state index in [0.29, 0.717) is 19.5 Å². The second kappa shape index (κ2) is 7.07. The van der Waals surface area contributed by atoms with Crippen LogP contribution < -0.4 is 5.73 Å². The molecule has 8 nitrogen and oxygen atoms in total. The Bertz CT molecular complexity index is 948. The number of nitro groups is 1. The number of nitrogens with zero attached hydrogens (tertiary/aromatic N) is 3. The molecule has 0 spiro atoms. The molecule has 0 radical (unpaired) electrons. The van der Waals surface area contributed by atoms with E-state index in [9.17, 15) is 18.5 Å². The molecule has 0 saturated carbocycles. The zero-order valence-electron chi connectivity index (χ0n) is 14.5. The number of halogens is 1. The number of fused-ring (bicyclic) bond motifs is 1. The Balaban J connectivity index is 0.00000243. The van der Waals surface area contributed by atoms with E-state index in [-0.39, 0.29) is 45.3 Å². The zero-order chi connectivity index (χ0) is 18.4. The summed E-state index contributed by atoms with van der Waals surface area (Å²) in [5.41, 5.74) is 5.69. The Morgan fingerprint density at radius 1 is 1.35 bits per heavy atom. The van der Waals surface area contributed by atoms with Crippen LogP contribution in [0.5, 0.6) is 0 Å². The van der Waals surface area contributed by atoms with Gasteiger partial charge in [-0.3, -0.25) is 15.1 Å². The molecule has 142 valence electrons. The highest BCUT2D eigenvalue weighted by Crippen LogP contribution is 2.35. The van der Waals surface area contributed by atoms with Crippen LogP contribution in [-0.4, -0.2) is 41.8 Å². The van der Waals surface area contributed by atoms with Crippen LogP contribution in [0, 0.1) is 15.5 Å². The van der Waals surface area contributed by atoms with Crippen molar-refractivity contribution in [2.24, 2.45) is 11.1 Å². The number of hydrogen-bond donors (Lipinski definition) is 1. The third-order valence-electron chi connectivity index (χ3n) is 4.80. The fraction of sp³-hybridized carbons (Fsp3) is 0.438. The summed E-state index contributed by atoms with van der Waals surface area (Å²) < 4.78 is 27.7. The van der Waals surface area contributed by atoms with Crippen LogP contribution in [0.25, 0.3) is 10.9 Å². The highest BCUT2D eigenvalue weighted by molar-refractivity contribution is 7.89. The van der Waals surface area contributed by atoms with Crippen molar-refractivity contribution >= 4 is 39.0 Å². The number of sulfonamides is 1. The van der Waals surface area contributed by atoms with Crippen molar-refractivity contribution in [3.05, 3.63) is 40.6 Å². The second-order valence-corrected chi connectivity index (χ2v) is 8.87. The number of nitrogens with two attached hydrogens (primary N) is 1. The Morgan fingerprint density at radius 3 is 2.65 bits per heavy atom. The fourth-order valence-corrected chi connectivity index (χ4v) is 4.94. The van der Waals surface area contributed by atoms with E-state index in [1.54, 1.807) is 6.07 Å². The van der Waals surface area contributed by atoms with Gasteiger partial charge in [0.15, 0.2) is 0 Å². The molecule has 2 aromatic rings. The molecule has 1 aliphatic rings. The van der Waals surface area contributed by atoms with Crippen molar-refractivity contribution in [2.75, 3.05) is 13.1 Å². The molecule has 1 fully saturated rings. The highest BCUT2D eigenvalue weighted by atomic mass is 35.5. The largest absolute Gasteiger partial charge is 0.327 e. The molecule has 1 unspecified atom stereocenters. The van der Waals surface area contributed by atoms with Gasteiger partial charge in [-0.05, 0) is 30.0 Å². The van der Waals surface area contributed by atoms with Crippen molar-refractivity contribution in [1.29, 1.82) is 0 Å². The number of nitro benzene ring substituents is 1. The topological polar surface area (TPSA) is 119 Å². The van der Waals surface area contributed by atoms with Crippen molar-refractivity contribution in [3.8, 4) is 0 Å². The van der Waals surface area contributed by atoms with Crippen LogP contribution in [0.1, 0.15) is 20.3 Å². The monoisotopic (exact) mass is 400 g/mol. The number of benzene rings is 1. The molecule has 2 N–H and O–H groups in total. The summed E-state index contributed by atoms with van der Waals surface area (Å²) in [6.07, 6.45) is 1.99. The van der Waals surface area contributed by atoms with Gasteiger partial charge < -0.3 is 5.73 Å². The minimum Gasteiger partial charge on any atom is -0.327 e. The average Bonchev–Trinajstić information content (AvgIpc) is 2.55. The van der Waals surface area contributed by atoms with E-state index < -0.39 is 14.9 Å². The predicted molar refractivity (Wildman–Crippen MR) is 101 cm³/mol. The normalized spacial score (nSPS) is 20.5. The molecule has 26 heavy (non-hydrogen) atoms. The van der Waals surface area contributed by atoms with E-state index in [4.69, 9.17) is 5.73 Å². The van der Waals surface area contributed by atoms with Gasteiger partial charge in [0.05, 0.1) is 15.8 Å². The van der Waals surface area contributed by atoms with Gasteiger partial charge in [-0.15, -0.1) is 12.4 Å². The lowest BCUT2D eigenvalue weighted by atomic mass is 9.81. The lowest BCUT2D eigenvalue weighted by Gasteiger charge is -2.41. The maximum Gasteiger partial charge on any atom is 0.278 e. The fourth-order valence-electron chi connectivity index (χ4n) is 3.17. The van der Waals surface area contributed by atoms with Gasteiger partial charge >= 0.3 is 0 Å². The summed E-state index contributed by atoms with van der Waals surface area (Å²) >= 11 is 0. The maximum atomic E-state index is 13.2. The summed E-state index contributed by atoms with van der Waals surface area (Å²) in [7, 11) is -3.83. The van der Waals surface area contributed by atoms with Crippen LogP contribution in [-0.2, 0) is 10.0 Å².